The van der Waals surface area contributed by atoms with E-state index >= 15 is 0 Å². The smallest absolute Gasteiger partial charge is 0.188 e. The number of nitrogens with one attached hydrogen (secondary N) is 1. The van der Waals surface area contributed by atoms with Gasteiger partial charge in [0.05, 0.1) is 5.71 Å². The van der Waals surface area contributed by atoms with E-state index in [4.69, 9.17) is 5.11 Å². The van der Waals surface area contributed by atoms with E-state index in [0.717, 1.165) is 0 Å². The van der Waals surface area contributed by atoms with Gasteiger partial charge in [-0.05, 0) is 13.2 Å². The van der Waals surface area contributed by atoms with Crippen molar-refractivity contribution >= 4 is 22.6 Å². The van der Waals surface area contributed by atoms with Gasteiger partial charge in [-0.3, -0.25) is 5.43 Å². The summed E-state index contributed by atoms with van der Waals surface area (Å²) in [5.41, 5.74) is 3.29. The third-order valence-corrected chi connectivity index (χ3v) is 1.72. The molecule has 0 bridgehead atoms. The first kappa shape index (κ1) is 7.56. The number of thioether (sulfide) groups is 1. The summed E-state index contributed by atoms with van der Waals surface area (Å²) in [4.78, 5) is 3.88. The zero-order chi connectivity index (χ0) is 7.56. The molecular formula is C5H9N3OS. The Labute approximate surface area is 63.4 Å². The number of aliphatic hydroxyl groups excluding tert-OH is 1. The second-order valence-corrected chi connectivity index (χ2v) is 2.67. The fourth-order valence-corrected chi connectivity index (χ4v) is 0.868. The maximum absolute atomic E-state index is 9.11. The number of aliphatic imine (C=N–C) groups is 1. The molecule has 2 N–H and O–H groups in total. The minimum atomic E-state index is -0.760. The zero-order valence-electron chi connectivity index (χ0n) is 5.83. The third-order valence-electron chi connectivity index (χ3n) is 1.13. The van der Waals surface area contributed by atoms with Crippen LogP contribution in [0.15, 0.2) is 10.1 Å². The molecule has 1 aliphatic heterocycles. The summed E-state index contributed by atoms with van der Waals surface area (Å²) in [7, 11) is 0. The molecule has 0 saturated heterocycles. The number of amidine groups is 1. The van der Waals surface area contributed by atoms with Crippen molar-refractivity contribution in [1.82, 2.24) is 5.43 Å². The van der Waals surface area contributed by atoms with Crippen LogP contribution >= 0.6 is 11.8 Å². The Morgan fingerprint density at radius 1 is 1.70 bits per heavy atom. The van der Waals surface area contributed by atoms with Crippen molar-refractivity contribution in [1.29, 1.82) is 0 Å². The van der Waals surface area contributed by atoms with Gasteiger partial charge in [0.1, 0.15) is 0 Å². The van der Waals surface area contributed by atoms with Crippen molar-refractivity contribution in [2.75, 3.05) is 6.26 Å². The Balaban J connectivity index is 2.64. The number of hydrogen-bond donors (Lipinski definition) is 2. The van der Waals surface area contributed by atoms with E-state index in [1.54, 1.807) is 6.92 Å². The van der Waals surface area contributed by atoms with E-state index in [2.05, 4.69) is 15.5 Å². The molecule has 1 aliphatic rings. The lowest BCUT2D eigenvalue weighted by molar-refractivity contribution is 0.248. The molecule has 10 heavy (non-hydrogen) atoms. The lowest BCUT2D eigenvalue weighted by Gasteiger charge is -2.13. The van der Waals surface area contributed by atoms with Gasteiger partial charge in [-0.1, -0.05) is 11.8 Å². The highest BCUT2D eigenvalue weighted by atomic mass is 32.2. The molecule has 0 saturated carbocycles. The van der Waals surface area contributed by atoms with Gasteiger partial charge in [0.15, 0.2) is 11.4 Å². The maximum atomic E-state index is 9.11. The Morgan fingerprint density at radius 2 is 2.40 bits per heavy atom. The van der Waals surface area contributed by atoms with Crippen LogP contribution in [0.5, 0.6) is 0 Å². The van der Waals surface area contributed by atoms with Crippen LogP contribution in [0.1, 0.15) is 6.92 Å². The predicted molar refractivity (Wildman–Crippen MR) is 43.2 cm³/mol. The molecule has 1 atom stereocenters. The molecule has 0 aromatic heterocycles. The maximum Gasteiger partial charge on any atom is 0.188 e. The van der Waals surface area contributed by atoms with Gasteiger partial charge in [-0.25, -0.2) is 4.99 Å². The van der Waals surface area contributed by atoms with Gasteiger partial charge in [-0.2, -0.15) is 5.10 Å². The highest BCUT2D eigenvalue weighted by molar-refractivity contribution is 8.13. The van der Waals surface area contributed by atoms with Crippen LogP contribution in [-0.4, -0.2) is 28.5 Å². The fraction of sp³-hybridized carbons (Fsp3) is 0.600. The zero-order valence-corrected chi connectivity index (χ0v) is 6.64. The number of nitrogens with zero attached hydrogens (tertiary/aromatic N) is 2. The first-order chi connectivity index (χ1) is 4.74. The van der Waals surface area contributed by atoms with Crippen LogP contribution < -0.4 is 5.43 Å². The second kappa shape index (κ2) is 3.03. The largest absolute Gasteiger partial charge is 0.367 e. The van der Waals surface area contributed by atoms with E-state index in [1.165, 1.54) is 11.8 Å². The molecule has 5 heteroatoms. The molecule has 4 nitrogen and oxygen atoms in total. The predicted octanol–water partition coefficient (Wildman–Crippen LogP) is 0.00290. The van der Waals surface area contributed by atoms with E-state index < -0.39 is 6.23 Å². The molecule has 0 aromatic carbocycles. The quantitative estimate of drug-likeness (QED) is 0.523. The lowest BCUT2D eigenvalue weighted by atomic mass is 10.4. The van der Waals surface area contributed by atoms with Crippen LogP contribution in [0.2, 0.25) is 0 Å². The van der Waals surface area contributed by atoms with Gasteiger partial charge in [0.2, 0.25) is 0 Å². The molecule has 0 aliphatic carbocycles. The van der Waals surface area contributed by atoms with Crippen molar-refractivity contribution in [3.63, 3.8) is 0 Å². The molecule has 0 fully saturated rings. The van der Waals surface area contributed by atoms with Crippen molar-refractivity contribution in [3.05, 3.63) is 0 Å². The molecule has 1 rings (SSSR count). The van der Waals surface area contributed by atoms with Crippen LogP contribution in [0.4, 0.5) is 0 Å². The Hall–Kier alpha value is -0.550. The summed E-state index contributed by atoms with van der Waals surface area (Å²) in [6.07, 6.45) is 1.11. The Kier molecular flexibility index (Phi) is 2.29. The van der Waals surface area contributed by atoms with Crippen LogP contribution in [0, 0.1) is 0 Å². The molecule has 0 amide bonds. The van der Waals surface area contributed by atoms with E-state index in [1.807, 2.05) is 6.26 Å². The lowest BCUT2D eigenvalue weighted by Crippen LogP contribution is -2.29. The van der Waals surface area contributed by atoms with Gasteiger partial charge < -0.3 is 5.11 Å². The van der Waals surface area contributed by atoms with Gasteiger partial charge in [0, 0.05) is 0 Å². The average Bonchev–Trinajstić information content (AvgIpc) is 1.95. The van der Waals surface area contributed by atoms with E-state index in [-0.39, 0.29) is 0 Å². The van der Waals surface area contributed by atoms with Crippen molar-refractivity contribution in [3.8, 4) is 0 Å². The highest BCUT2D eigenvalue weighted by Gasteiger charge is 2.11. The Morgan fingerprint density at radius 3 is 2.90 bits per heavy atom. The molecule has 0 aromatic rings. The highest BCUT2D eigenvalue weighted by Crippen LogP contribution is 2.03. The summed E-state index contributed by atoms with van der Waals surface area (Å²) in [5, 5.41) is 13.6. The second-order valence-electron chi connectivity index (χ2n) is 1.88. The summed E-state index contributed by atoms with van der Waals surface area (Å²) in [5.74, 6) is 0. The van der Waals surface area contributed by atoms with Crippen molar-refractivity contribution in [2.24, 2.45) is 10.1 Å². The van der Waals surface area contributed by atoms with Gasteiger partial charge in [0.25, 0.3) is 0 Å². The first-order valence-electron chi connectivity index (χ1n) is 2.84. The van der Waals surface area contributed by atoms with E-state index in [9.17, 15) is 0 Å². The summed E-state index contributed by atoms with van der Waals surface area (Å²) >= 11 is 1.42. The summed E-state index contributed by atoms with van der Waals surface area (Å²) < 4.78 is 0. The minimum absolute atomic E-state index is 0.595. The van der Waals surface area contributed by atoms with E-state index in [0.29, 0.717) is 10.9 Å². The molecule has 0 radical (unpaired) electrons. The topological polar surface area (TPSA) is 57.0 Å². The van der Waals surface area contributed by atoms with Crippen molar-refractivity contribution < 1.29 is 5.11 Å². The van der Waals surface area contributed by atoms with Crippen LogP contribution in [0.25, 0.3) is 0 Å². The number of rotatable bonds is 0. The van der Waals surface area contributed by atoms with Crippen LogP contribution in [0.3, 0.4) is 0 Å². The normalized spacial score (nSPS) is 24.9. The molecule has 56 valence electrons. The monoisotopic (exact) mass is 159 g/mol. The number of aliphatic hydroxyl groups is 1. The standard InChI is InChI=1S/C5H9N3OS/c1-3-4(9)6-5(10-2)8-7-3/h4,9H,1-2H3,(H,6,8). The Bertz CT molecular complexity index is 189. The van der Waals surface area contributed by atoms with Gasteiger partial charge >= 0.3 is 0 Å². The first-order valence-corrected chi connectivity index (χ1v) is 4.06. The molecular weight excluding hydrogens is 150 g/mol. The molecule has 1 unspecified atom stereocenters. The van der Waals surface area contributed by atoms with Gasteiger partial charge in [-0.15, -0.1) is 0 Å². The van der Waals surface area contributed by atoms with Crippen molar-refractivity contribution in [2.45, 2.75) is 13.2 Å². The fourth-order valence-electron chi connectivity index (χ4n) is 0.525. The third kappa shape index (κ3) is 1.48. The average molecular weight is 159 g/mol. The summed E-state index contributed by atoms with van der Waals surface area (Å²) in [6.45, 7) is 1.72. The SMILES string of the molecule is CSC1=NC(O)C(C)=NN1. The van der Waals surface area contributed by atoms with Crippen LogP contribution in [-0.2, 0) is 0 Å². The molecule has 1 heterocycles. The molecule has 0 spiro atoms. The number of hydrogen-bond acceptors (Lipinski definition) is 5. The number of hydrazone groups is 1. The summed E-state index contributed by atoms with van der Waals surface area (Å²) in [6, 6.07) is 0. The minimum Gasteiger partial charge on any atom is -0.367 e.